The molecule has 0 saturated carbocycles. The number of rotatable bonds is 6. The lowest BCUT2D eigenvalue weighted by molar-refractivity contribution is 0.256. The van der Waals surface area contributed by atoms with E-state index in [9.17, 15) is 0 Å². The fourth-order valence-electron chi connectivity index (χ4n) is 2.18. The molecule has 0 fully saturated rings. The predicted molar refractivity (Wildman–Crippen MR) is 81.0 cm³/mol. The summed E-state index contributed by atoms with van der Waals surface area (Å²) in [4.78, 5) is 6.71. The van der Waals surface area contributed by atoms with Crippen LogP contribution in [0.3, 0.4) is 0 Å². The van der Waals surface area contributed by atoms with Crippen molar-refractivity contribution < 1.29 is 0 Å². The van der Waals surface area contributed by atoms with E-state index in [1.807, 2.05) is 16.8 Å². The third kappa shape index (κ3) is 3.57. The average molecular weight is 273 g/mol. The van der Waals surface area contributed by atoms with E-state index in [1.165, 1.54) is 5.56 Å². The van der Waals surface area contributed by atoms with Gasteiger partial charge >= 0.3 is 0 Å². The molecule has 5 heteroatoms. The van der Waals surface area contributed by atoms with Crippen LogP contribution in [-0.2, 0) is 13.1 Å². The molecular formula is C15H23N5. The molecule has 2 aromatic rings. The normalized spacial score (nSPS) is 11.4. The first kappa shape index (κ1) is 14.5. The van der Waals surface area contributed by atoms with Crippen molar-refractivity contribution in [1.82, 2.24) is 19.7 Å². The van der Waals surface area contributed by atoms with Crippen LogP contribution in [0, 0.1) is 0 Å². The van der Waals surface area contributed by atoms with Crippen LogP contribution in [0.1, 0.15) is 38.2 Å². The Kier molecular flexibility index (Phi) is 4.74. The molecule has 0 bridgehead atoms. The Morgan fingerprint density at radius 2 is 1.90 bits per heavy atom. The zero-order valence-corrected chi connectivity index (χ0v) is 12.5. The maximum absolute atomic E-state index is 5.72. The summed E-state index contributed by atoms with van der Waals surface area (Å²) >= 11 is 0. The van der Waals surface area contributed by atoms with E-state index in [1.54, 1.807) is 6.33 Å². The number of anilines is 1. The Hall–Kier alpha value is -1.88. The number of hydrogen-bond acceptors (Lipinski definition) is 4. The topological polar surface area (TPSA) is 60.0 Å². The molecule has 0 aliphatic rings. The van der Waals surface area contributed by atoms with Gasteiger partial charge in [-0.15, -0.1) is 0 Å². The van der Waals surface area contributed by atoms with Gasteiger partial charge in [-0.05, 0) is 38.1 Å². The van der Waals surface area contributed by atoms with Crippen molar-refractivity contribution in [3.8, 4) is 0 Å². The maximum Gasteiger partial charge on any atom is 0.141 e. The van der Waals surface area contributed by atoms with E-state index in [-0.39, 0.29) is 0 Å². The number of aromatic nitrogens is 3. The standard InChI is InChI=1S/C15H23N5/c1-4-19(9-13-5-7-14(16)8-6-13)10-15-17-11-18-20(15)12(2)3/h5-8,11-12H,4,9-10,16H2,1-3H3. The lowest BCUT2D eigenvalue weighted by Crippen LogP contribution is -2.25. The highest BCUT2D eigenvalue weighted by Gasteiger charge is 2.12. The van der Waals surface area contributed by atoms with Gasteiger partial charge in [-0.1, -0.05) is 19.1 Å². The Balaban J connectivity index is 2.05. The third-order valence-corrected chi connectivity index (χ3v) is 3.33. The summed E-state index contributed by atoms with van der Waals surface area (Å²) in [7, 11) is 0. The summed E-state index contributed by atoms with van der Waals surface area (Å²) in [5, 5.41) is 4.28. The highest BCUT2D eigenvalue weighted by molar-refractivity contribution is 5.39. The third-order valence-electron chi connectivity index (χ3n) is 3.33. The number of benzene rings is 1. The Bertz CT molecular complexity index is 529. The highest BCUT2D eigenvalue weighted by atomic mass is 15.4. The molecule has 20 heavy (non-hydrogen) atoms. The lowest BCUT2D eigenvalue weighted by atomic mass is 10.2. The van der Waals surface area contributed by atoms with E-state index < -0.39 is 0 Å². The van der Waals surface area contributed by atoms with Crippen LogP contribution in [0.25, 0.3) is 0 Å². The molecule has 0 radical (unpaired) electrons. The van der Waals surface area contributed by atoms with Crippen molar-refractivity contribution in [3.63, 3.8) is 0 Å². The van der Waals surface area contributed by atoms with Gasteiger partial charge in [0.1, 0.15) is 12.2 Å². The predicted octanol–water partition coefficient (Wildman–Crippen LogP) is 2.46. The van der Waals surface area contributed by atoms with Crippen LogP contribution in [0.2, 0.25) is 0 Å². The summed E-state index contributed by atoms with van der Waals surface area (Å²) in [5.41, 5.74) is 7.78. The molecule has 0 saturated heterocycles. The number of nitrogen functional groups attached to an aromatic ring is 1. The fourth-order valence-corrected chi connectivity index (χ4v) is 2.18. The molecule has 0 amide bonds. The maximum atomic E-state index is 5.72. The molecule has 0 unspecified atom stereocenters. The number of nitrogens with zero attached hydrogens (tertiary/aromatic N) is 4. The highest BCUT2D eigenvalue weighted by Crippen LogP contribution is 2.12. The van der Waals surface area contributed by atoms with Crippen LogP contribution < -0.4 is 5.73 Å². The van der Waals surface area contributed by atoms with Gasteiger partial charge in [-0.3, -0.25) is 4.90 Å². The van der Waals surface area contributed by atoms with Gasteiger partial charge < -0.3 is 5.73 Å². The Morgan fingerprint density at radius 3 is 2.50 bits per heavy atom. The summed E-state index contributed by atoms with van der Waals surface area (Å²) in [6, 6.07) is 8.37. The molecule has 2 N–H and O–H groups in total. The minimum atomic E-state index is 0.336. The van der Waals surface area contributed by atoms with Crippen LogP contribution in [0.4, 0.5) is 5.69 Å². The van der Waals surface area contributed by atoms with Crippen LogP contribution in [-0.4, -0.2) is 26.2 Å². The van der Waals surface area contributed by atoms with Crippen LogP contribution >= 0.6 is 0 Å². The van der Waals surface area contributed by atoms with Gasteiger partial charge in [-0.2, -0.15) is 5.10 Å². The molecule has 2 rings (SSSR count). The van der Waals surface area contributed by atoms with Gasteiger partial charge in [-0.25, -0.2) is 9.67 Å². The van der Waals surface area contributed by atoms with Crippen LogP contribution in [0.5, 0.6) is 0 Å². The smallest absolute Gasteiger partial charge is 0.141 e. The van der Waals surface area contributed by atoms with Gasteiger partial charge in [0.2, 0.25) is 0 Å². The Morgan fingerprint density at radius 1 is 1.20 bits per heavy atom. The van der Waals surface area contributed by atoms with Crippen molar-refractivity contribution in [2.45, 2.75) is 39.9 Å². The number of hydrogen-bond donors (Lipinski definition) is 1. The molecule has 1 aromatic heterocycles. The second-order valence-electron chi connectivity index (χ2n) is 5.26. The second kappa shape index (κ2) is 6.52. The Labute approximate surface area is 120 Å². The van der Waals surface area contributed by atoms with Crippen molar-refractivity contribution in [2.24, 2.45) is 0 Å². The molecule has 108 valence electrons. The number of nitrogens with two attached hydrogens (primary N) is 1. The van der Waals surface area contributed by atoms with Crippen molar-refractivity contribution in [3.05, 3.63) is 42.0 Å². The van der Waals surface area contributed by atoms with E-state index in [0.717, 1.165) is 31.1 Å². The van der Waals surface area contributed by atoms with Gasteiger partial charge in [0.25, 0.3) is 0 Å². The molecule has 1 heterocycles. The van der Waals surface area contributed by atoms with Crippen LogP contribution in [0.15, 0.2) is 30.6 Å². The largest absolute Gasteiger partial charge is 0.399 e. The van der Waals surface area contributed by atoms with Gasteiger partial charge in [0.05, 0.1) is 6.54 Å². The van der Waals surface area contributed by atoms with E-state index in [4.69, 9.17) is 5.73 Å². The minimum Gasteiger partial charge on any atom is -0.399 e. The van der Waals surface area contributed by atoms with Gasteiger partial charge in [0, 0.05) is 18.3 Å². The van der Waals surface area contributed by atoms with Crippen molar-refractivity contribution in [1.29, 1.82) is 0 Å². The zero-order chi connectivity index (χ0) is 14.5. The first-order valence-electron chi connectivity index (χ1n) is 7.05. The monoisotopic (exact) mass is 273 g/mol. The minimum absolute atomic E-state index is 0.336. The molecule has 0 atom stereocenters. The lowest BCUT2D eigenvalue weighted by Gasteiger charge is -2.21. The molecule has 0 aliphatic heterocycles. The van der Waals surface area contributed by atoms with E-state index >= 15 is 0 Å². The summed E-state index contributed by atoms with van der Waals surface area (Å²) in [6.45, 7) is 9.06. The van der Waals surface area contributed by atoms with E-state index in [2.05, 4.69) is 47.9 Å². The second-order valence-corrected chi connectivity index (χ2v) is 5.26. The molecule has 0 spiro atoms. The molecule has 0 aliphatic carbocycles. The van der Waals surface area contributed by atoms with Crippen molar-refractivity contribution in [2.75, 3.05) is 12.3 Å². The molecule has 5 nitrogen and oxygen atoms in total. The fraction of sp³-hybridized carbons (Fsp3) is 0.467. The van der Waals surface area contributed by atoms with Crippen molar-refractivity contribution >= 4 is 5.69 Å². The molecular weight excluding hydrogens is 250 g/mol. The first-order valence-corrected chi connectivity index (χ1v) is 7.05. The average Bonchev–Trinajstić information content (AvgIpc) is 2.88. The SMILES string of the molecule is CCN(Cc1ccc(N)cc1)Cc1ncnn1C(C)C. The quantitative estimate of drug-likeness (QED) is 0.821. The zero-order valence-electron chi connectivity index (χ0n) is 12.5. The molecule has 1 aromatic carbocycles. The summed E-state index contributed by atoms with van der Waals surface area (Å²) in [5.74, 6) is 1.01. The first-order chi connectivity index (χ1) is 9.60. The summed E-state index contributed by atoms with van der Waals surface area (Å²) < 4.78 is 1.98. The summed E-state index contributed by atoms with van der Waals surface area (Å²) in [6.07, 6.45) is 1.63. The van der Waals surface area contributed by atoms with Gasteiger partial charge in [0.15, 0.2) is 0 Å². The van der Waals surface area contributed by atoms with E-state index in [0.29, 0.717) is 6.04 Å².